The van der Waals surface area contributed by atoms with E-state index in [1.165, 1.54) is 6.42 Å². The van der Waals surface area contributed by atoms with Gasteiger partial charge in [0.2, 0.25) is 5.91 Å². The number of amides is 1. The number of para-hydroxylation sites is 1. The van der Waals surface area contributed by atoms with Crippen molar-refractivity contribution >= 4 is 11.6 Å². The van der Waals surface area contributed by atoms with Crippen LogP contribution in [0.1, 0.15) is 37.3 Å². The van der Waals surface area contributed by atoms with Crippen LogP contribution in [-0.2, 0) is 9.53 Å². The molecule has 2 saturated heterocycles. The lowest BCUT2D eigenvalue weighted by Gasteiger charge is -2.42. The Kier molecular flexibility index (Phi) is 5.02. The lowest BCUT2D eigenvalue weighted by molar-refractivity contribution is -0.124. The number of carbonyl (C=O) groups excluding carboxylic acids is 1. The van der Waals surface area contributed by atoms with Crippen LogP contribution in [0.2, 0.25) is 0 Å². The minimum absolute atomic E-state index is 0.0950. The molecular formula is C19H28N2O2. The summed E-state index contributed by atoms with van der Waals surface area (Å²) in [6.45, 7) is 8.93. The quantitative estimate of drug-likeness (QED) is 0.931. The Labute approximate surface area is 139 Å². The molecule has 0 saturated carbocycles. The summed E-state index contributed by atoms with van der Waals surface area (Å²) in [5.41, 5.74) is 3.19. The molecule has 1 N–H and O–H groups in total. The van der Waals surface area contributed by atoms with E-state index < -0.39 is 0 Å². The van der Waals surface area contributed by atoms with Crippen molar-refractivity contribution in [1.29, 1.82) is 0 Å². The van der Waals surface area contributed by atoms with Gasteiger partial charge >= 0.3 is 0 Å². The standard InChI is InChI=1S/C19H28N2O2/c1-13-6-4-7-14(2)18(13)20-19(22)15(3)21-10-9-17-16(12-21)8-5-11-23-17/h4,6-7,15-17H,5,8-12H2,1-3H3,(H,20,22)/t15-,16-,17-/m0/s1. The topological polar surface area (TPSA) is 41.6 Å². The Bertz CT molecular complexity index is 552. The number of anilines is 1. The molecule has 2 heterocycles. The van der Waals surface area contributed by atoms with Gasteiger partial charge in [0.25, 0.3) is 0 Å². The number of carbonyl (C=O) groups is 1. The molecule has 126 valence electrons. The van der Waals surface area contributed by atoms with E-state index in [9.17, 15) is 4.79 Å². The molecule has 0 bridgehead atoms. The summed E-state index contributed by atoms with van der Waals surface area (Å²) in [7, 11) is 0. The number of nitrogens with one attached hydrogen (secondary N) is 1. The van der Waals surface area contributed by atoms with Crippen LogP contribution in [0.3, 0.4) is 0 Å². The lowest BCUT2D eigenvalue weighted by Crippen LogP contribution is -2.52. The maximum Gasteiger partial charge on any atom is 0.241 e. The lowest BCUT2D eigenvalue weighted by atomic mass is 9.88. The van der Waals surface area contributed by atoms with Gasteiger partial charge in [-0.1, -0.05) is 18.2 Å². The molecule has 4 heteroatoms. The van der Waals surface area contributed by atoms with Crippen molar-refractivity contribution in [2.24, 2.45) is 5.92 Å². The number of ether oxygens (including phenoxy) is 1. The van der Waals surface area contributed by atoms with Crippen LogP contribution in [0.15, 0.2) is 18.2 Å². The van der Waals surface area contributed by atoms with Gasteiger partial charge in [0.1, 0.15) is 0 Å². The van der Waals surface area contributed by atoms with Gasteiger partial charge in [-0.25, -0.2) is 0 Å². The van der Waals surface area contributed by atoms with Gasteiger partial charge < -0.3 is 10.1 Å². The third-order valence-electron chi connectivity index (χ3n) is 5.40. The molecular weight excluding hydrogens is 288 g/mol. The molecule has 23 heavy (non-hydrogen) atoms. The third kappa shape index (κ3) is 3.59. The number of nitrogens with zero attached hydrogens (tertiary/aromatic N) is 1. The Morgan fingerprint density at radius 1 is 1.30 bits per heavy atom. The highest BCUT2D eigenvalue weighted by atomic mass is 16.5. The summed E-state index contributed by atoms with van der Waals surface area (Å²) in [4.78, 5) is 15.0. The fourth-order valence-corrected chi connectivity index (χ4v) is 3.87. The van der Waals surface area contributed by atoms with Crippen molar-refractivity contribution in [3.63, 3.8) is 0 Å². The molecule has 1 aromatic carbocycles. The fraction of sp³-hybridized carbons (Fsp3) is 0.632. The first-order chi connectivity index (χ1) is 11.1. The average molecular weight is 316 g/mol. The summed E-state index contributed by atoms with van der Waals surface area (Å²) < 4.78 is 5.87. The third-order valence-corrected chi connectivity index (χ3v) is 5.40. The molecule has 1 amide bonds. The van der Waals surface area contributed by atoms with E-state index in [1.807, 2.05) is 39.0 Å². The maximum absolute atomic E-state index is 12.7. The average Bonchev–Trinajstić information content (AvgIpc) is 2.57. The molecule has 0 radical (unpaired) electrons. The Morgan fingerprint density at radius 3 is 2.78 bits per heavy atom. The number of hydrogen-bond acceptors (Lipinski definition) is 3. The Morgan fingerprint density at radius 2 is 2.04 bits per heavy atom. The Balaban J connectivity index is 1.63. The first kappa shape index (κ1) is 16.5. The summed E-state index contributed by atoms with van der Waals surface area (Å²) in [5, 5.41) is 3.14. The van der Waals surface area contributed by atoms with E-state index in [1.54, 1.807) is 0 Å². The van der Waals surface area contributed by atoms with Crippen LogP contribution < -0.4 is 5.32 Å². The zero-order valence-electron chi connectivity index (χ0n) is 14.5. The first-order valence-electron chi connectivity index (χ1n) is 8.79. The minimum atomic E-state index is -0.100. The zero-order chi connectivity index (χ0) is 16.4. The maximum atomic E-state index is 12.7. The number of rotatable bonds is 3. The van der Waals surface area contributed by atoms with Crippen LogP contribution in [0.4, 0.5) is 5.69 Å². The van der Waals surface area contributed by atoms with Crippen LogP contribution >= 0.6 is 0 Å². The second kappa shape index (κ2) is 7.02. The van der Waals surface area contributed by atoms with E-state index in [-0.39, 0.29) is 11.9 Å². The molecule has 0 aliphatic carbocycles. The van der Waals surface area contributed by atoms with Gasteiger partial charge in [-0.05, 0) is 57.1 Å². The van der Waals surface area contributed by atoms with Crippen LogP contribution in [0.25, 0.3) is 0 Å². The minimum Gasteiger partial charge on any atom is -0.378 e. The second-order valence-corrected chi connectivity index (χ2v) is 7.03. The monoisotopic (exact) mass is 316 g/mol. The number of fused-ring (bicyclic) bond motifs is 1. The number of aryl methyl sites for hydroxylation is 2. The van der Waals surface area contributed by atoms with Crippen molar-refractivity contribution in [2.45, 2.75) is 52.2 Å². The smallest absolute Gasteiger partial charge is 0.241 e. The summed E-state index contributed by atoms with van der Waals surface area (Å²) in [5.74, 6) is 0.686. The molecule has 1 aromatic rings. The summed E-state index contributed by atoms with van der Waals surface area (Å²) in [6.07, 6.45) is 3.84. The van der Waals surface area contributed by atoms with Crippen molar-refractivity contribution in [1.82, 2.24) is 4.90 Å². The van der Waals surface area contributed by atoms with Gasteiger partial charge in [-0.3, -0.25) is 9.69 Å². The normalized spacial score (nSPS) is 26.4. The van der Waals surface area contributed by atoms with Crippen molar-refractivity contribution in [3.05, 3.63) is 29.3 Å². The molecule has 2 fully saturated rings. The number of hydrogen-bond donors (Lipinski definition) is 1. The predicted octanol–water partition coefficient (Wildman–Crippen LogP) is 3.13. The zero-order valence-corrected chi connectivity index (χ0v) is 14.5. The summed E-state index contributed by atoms with van der Waals surface area (Å²) >= 11 is 0. The molecule has 2 aliphatic heterocycles. The molecule has 0 spiro atoms. The van der Waals surface area contributed by atoms with E-state index in [0.717, 1.165) is 49.4 Å². The van der Waals surface area contributed by atoms with Gasteiger partial charge in [-0.2, -0.15) is 0 Å². The van der Waals surface area contributed by atoms with Crippen molar-refractivity contribution < 1.29 is 9.53 Å². The van der Waals surface area contributed by atoms with E-state index in [2.05, 4.69) is 10.2 Å². The van der Waals surface area contributed by atoms with E-state index in [4.69, 9.17) is 4.74 Å². The van der Waals surface area contributed by atoms with Crippen molar-refractivity contribution in [2.75, 3.05) is 25.0 Å². The van der Waals surface area contributed by atoms with E-state index >= 15 is 0 Å². The van der Waals surface area contributed by atoms with E-state index in [0.29, 0.717) is 12.0 Å². The highest BCUT2D eigenvalue weighted by Crippen LogP contribution is 2.29. The number of benzene rings is 1. The highest BCUT2D eigenvalue weighted by Gasteiger charge is 2.35. The number of likely N-dealkylation sites (tertiary alicyclic amines) is 1. The fourth-order valence-electron chi connectivity index (χ4n) is 3.87. The van der Waals surface area contributed by atoms with Gasteiger partial charge in [-0.15, -0.1) is 0 Å². The van der Waals surface area contributed by atoms with Gasteiger partial charge in [0.15, 0.2) is 0 Å². The molecule has 3 atom stereocenters. The second-order valence-electron chi connectivity index (χ2n) is 7.03. The van der Waals surface area contributed by atoms with Crippen molar-refractivity contribution in [3.8, 4) is 0 Å². The molecule has 0 unspecified atom stereocenters. The predicted molar refractivity (Wildman–Crippen MR) is 92.7 cm³/mol. The Hall–Kier alpha value is -1.39. The van der Waals surface area contributed by atoms with Crippen LogP contribution in [-0.4, -0.2) is 42.6 Å². The largest absolute Gasteiger partial charge is 0.378 e. The number of piperidine rings is 1. The molecule has 0 aromatic heterocycles. The highest BCUT2D eigenvalue weighted by molar-refractivity contribution is 5.95. The SMILES string of the molecule is Cc1cccc(C)c1NC(=O)[C@H](C)N1CC[C@@H]2OCCC[C@H]2C1. The van der Waals surface area contributed by atoms with Gasteiger partial charge in [0, 0.05) is 25.4 Å². The first-order valence-corrected chi connectivity index (χ1v) is 8.79. The molecule has 4 nitrogen and oxygen atoms in total. The molecule has 2 aliphatic rings. The van der Waals surface area contributed by atoms with Crippen LogP contribution in [0.5, 0.6) is 0 Å². The molecule has 3 rings (SSSR count). The van der Waals surface area contributed by atoms with Gasteiger partial charge in [0.05, 0.1) is 12.1 Å². The summed E-state index contributed by atoms with van der Waals surface area (Å²) in [6, 6.07) is 6.00. The van der Waals surface area contributed by atoms with Crippen LogP contribution in [0, 0.1) is 19.8 Å².